The number of hydrogen-bond donors (Lipinski definition) is 0. The minimum absolute atomic E-state index is 0.0853. The number of halogens is 2. The van der Waals surface area contributed by atoms with Crippen LogP contribution in [0.2, 0.25) is 5.02 Å². The van der Waals surface area contributed by atoms with Crippen LogP contribution in [0.1, 0.15) is 10.4 Å². The van der Waals surface area contributed by atoms with Crippen molar-refractivity contribution in [3.63, 3.8) is 0 Å². The number of carbonyl (C=O) groups is 1. The molecule has 0 aromatic heterocycles. The van der Waals surface area contributed by atoms with Gasteiger partial charge in [0.25, 0.3) is 0 Å². The molecule has 1 rings (SSSR count). The van der Waals surface area contributed by atoms with Gasteiger partial charge in [0.15, 0.2) is 6.29 Å². The second kappa shape index (κ2) is 3.54. The van der Waals surface area contributed by atoms with Crippen molar-refractivity contribution in [3.8, 4) is 5.75 Å². The van der Waals surface area contributed by atoms with Gasteiger partial charge >= 0.3 is 0 Å². The Labute approximate surface area is 73.9 Å². The Bertz CT molecular complexity index is 312. The molecule has 0 unspecified atom stereocenters. The zero-order valence-electron chi connectivity index (χ0n) is 6.30. The fourth-order valence-corrected chi connectivity index (χ4v) is 0.985. The highest BCUT2D eigenvalue weighted by Gasteiger charge is 2.07. The van der Waals surface area contributed by atoms with Crippen LogP contribution in [0.25, 0.3) is 0 Å². The molecular formula is C8H6ClFO2. The van der Waals surface area contributed by atoms with E-state index in [-0.39, 0.29) is 16.3 Å². The lowest BCUT2D eigenvalue weighted by Gasteiger charge is -2.03. The van der Waals surface area contributed by atoms with E-state index in [1.165, 1.54) is 13.2 Å². The Hall–Kier alpha value is -1.09. The Morgan fingerprint density at radius 2 is 2.25 bits per heavy atom. The molecule has 0 bridgehead atoms. The van der Waals surface area contributed by atoms with Crippen LogP contribution in [0.5, 0.6) is 5.75 Å². The maximum Gasteiger partial charge on any atom is 0.153 e. The van der Waals surface area contributed by atoms with Crippen LogP contribution in [0.15, 0.2) is 12.1 Å². The number of ether oxygens (including phenoxy) is 1. The van der Waals surface area contributed by atoms with E-state index in [0.717, 1.165) is 6.07 Å². The third-order valence-corrected chi connectivity index (χ3v) is 1.69. The first kappa shape index (κ1) is 9.00. The summed E-state index contributed by atoms with van der Waals surface area (Å²) in [7, 11) is 1.36. The van der Waals surface area contributed by atoms with Gasteiger partial charge in [0, 0.05) is 6.07 Å². The van der Waals surface area contributed by atoms with E-state index in [0.29, 0.717) is 6.29 Å². The molecule has 0 amide bonds. The van der Waals surface area contributed by atoms with Crippen molar-refractivity contribution in [3.05, 3.63) is 28.5 Å². The van der Waals surface area contributed by atoms with Crippen molar-refractivity contribution in [2.75, 3.05) is 7.11 Å². The van der Waals surface area contributed by atoms with Crippen LogP contribution in [-0.4, -0.2) is 13.4 Å². The summed E-state index contributed by atoms with van der Waals surface area (Å²) in [6, 6.07) is 2.30. The maximum absolute atomic E-state index is 12.8. The number of benzene rings is 1. The first-order valence-corrected chi connectivity index (χ1v) is 3.55. The molecule has 64 valence electrons. The van der Waals surface area contributed by atoms with Crippen molar-refractivity contribution in [1.29, 1.82) is 0 Å². The average Bonchev–Trinajstić information content (AvgIpc) is 2.09. The fourth-order valence-electron chi connectivity index (χ4n) is 0.813. The second-order valence-electron chi connectivity index (χ2n) is 2.13. The summed E-state index contributed by atoms with van der Waals surface area (Å²) in [4.78, 5) is 10.4. The number of carbonyl (C=O) groups excluding carboxylic acids is 1. The highest BCUT2D eigenvalue weighted by molar-refractivity contribution is 6.31. The van der Waals surface area contributed by atoms with Gasteiger partial charge in [0.1, 0.15) is 11.6 Å². The van der Waals surface area contributed by atoms with Crippen molar-refractivity contribution in [2.45, 2.75) is 0 Å². The van der Waals surface area contributed by atoms with Gasteiger partial charge < -0.3 is 4.74 Å². The molecule has 0 fully saturated rings. The van der Waals surface area contributed by atoms with Crippen LogP contribution in [0, 0.1) is 5.82 Å². The van der Waals surface area contributed by atoms with Crippen LogP contribution >= 0.6 is 11.6 Å². The summed E-state index contributed by atoms with van der Waals surface area (Å²) < 4.78 is 17.5. The zero-order chi connectivity index (χ0) is 9.14. The maximum atomic E-state index is 12.8. The van der Waals surface area contributed by atoms with E-state index in [1.54, 1.807) is 0 Å². The molecule has 1 aromatic carbocycles. The van der Waals surface area contributed by atoms with Gasteiger partial charge in [-0.25, -0.2) is 4.39 Å². The van der Waals surface area contributed by atoms with Crippen LogP contribution in [0.4, 0.5) is 4.39 Å². The van der Waals surface area contributed by atoms with Crippen LogP contribution in [-0.2, 0) is 0 Å². The molecule has 0 heterocycles. The third kappa shape index (κ3) is 1.56. The highest BCUT2D eigenvalue weighted by atomic mass is 35.5. The van der Waals surface area contributed by atoms with Gasteiger partial charge in [-0.1, -0.05) is 11.6 Å². The van der Waals surface area contributed by atoms with Gasteiger partial charge in [-0.05, 0) is 6.07 Å². The molecule has 4 heteroatoms. The quantitative estimate of drug-likeness (QED) is 0.666. The standard InChI is InChI=1S/C8H6ClFO2/c1-12-8-3-7(10)6(9)2-5(8)4-11/h2-4H,1H3. The summed E-state index contributed by atoms with van der Waals surface area (Å²) in [5.41, 5.74) is 0.240. The van der Waals surface area contributed by atoms with Gasteiger partial charge in [-0.3, -0.25) is 4.79 Å². The summed E-state index contributed by atoms with van der Waals surface area (Å²) in [6.07, 6.45) is 0.560. The monoisotopic (exact) mass is 188 g/mol. The molecule has 0 spiro atoms. The average molecular weight is 189 g/mol. The summed E-state index contributed by atoms with van der Waals surface area (Å²) in [5.74, 6) is -0.411. The summed E-state index contributed by atoms with van der Waals surface area (Å²) >= 11 is 5.43. The van der Waals surface area contributed by atoms with Crippen LogP contribution in [0.3, 0.4) is 0 Å². The predicted octanol–water partition coefficient (Wildman–Crippen LogP) is 2.30. The van der Waals surface area contributed by atoms with Crippen molar-refractivity contribution >= 4 is 17.9 Å². The molecule has 2 nitrogen and oxygen atoms in total. The van der Waals surface area contributed by atoms with E-state index in [9.17, 15) is 9.18 Å². The Morgan fingerprint density at radius 3 is 2.75 bits per heavy atom. The topological polar surface area (TPSA) is 26.3 Å². The van der Waals surface area contributed by atoms with E-state index in [1.807, 2.05) is 0 Å². The third-order valence-electron chi connectivity index (χ3n) is 1.40. The van der Waals surface area contributed by atoms with Crippen molar-refractivity contribution in [2.24, 2.45) is 0 Å². The lowest BCUT2D eigenvalue weighted by atomic mass is 10.2. The molecule has 0 saturated carbocycles. The Morgan fingerprint density at radius 1 is 1.58 bits per heavy atom. The molecule has 12 heavy (non-hydrogen) atoms. The predicted molar refractivity (Wildman–Crippen MR) is 43.3 cm³/mol. The first-order valence-electron chi connectivity index (χ1n) is 3.17. The number of methoxy groups -OCH3 is 1. The van der Waals surface area contributed by atoms with E-state index >= 15 is 0 Å². The smallest absolute Gasteiger partial charge is 0.153 e. The van der Waals surface area contributed by atoms with Gasteiger partial charge in [-0.15, -0.1) is 0 Å². The van der Waals surface area contributed by atoms with Gasteiger partial charge in [-0.2, -0.15) is 0 Å². The zero-order valence-corrected chi connectivity index (χ0v) is 7.06. The largest absolute Gasteiger partial charge is 0.496 e. The Balaban J connectivity index is 3.28. The molecule has 0 aliphatic heterocycles. The minimum atomic E-state index is -0.598. The summed E-state index contributed by atoms with van der Waals surface area (Å²) in [6.45, 7) is 0. The van der Waals surface area contributed by atoms with E-state index in [2.05, 4.69) is 0 Å². The molecular weight excluding hydrogens is 183 g/mol. The van der Waals surface area contributed by atoms with Gasteiger partial charge in [0.2, 0.25) is 0 Å². The SMILES string of the molecule is COc1cc(F)c(Cl)cc1C=O. The molecule has 0 aliphatic carbocycles. The molecule has 0 saturated heterocycles. The summed E-state index contributed by atoms with van der Waals surface area (Å²) in [5, 5.41) is -0.0853. The lowest BCUT2D eigenvalue weighted by molar-refractivity contribution is 0.112. The number of aldehydes is 1. The molecule has 0 aliphatic rings. The molecule has 0 atom stereocenters. The number of rotatable bonds is 2. The first-order chi connectivity index (χ1) is 5.69. The normalized spacial score (nSPS) is 9.58. The highest BCUT2D eigenvalue weighted by Crippen LogP contribution is 2.24. The van der Waals surface area contributed by atoms with Crippen LogP contribution < -0.4 is 4.74 Å². The lowest BCUT2D eigenvalue weighted by Crippen LogP contribution is -1.92. The fraction of sp³-hybridized carbons (Fsp3) is 0.125. The molecule has 1 aromatic rings. The van der Waals surface area contributed by atoms with Crippen molar-refractivity contribution in [1.82, 2.24) is 0 Å². The van der Waals surface area contributed by atoms with Gasteiger partial charge in [0.05, 0.1) is 17.7 Å². The molecule has 0 radical (unpaired) electrons. The van der Waals surface area contributed by atoms with E-state index < -0.39 is 5.82 Å². The molecule has 0 N–H and O–H groups in total. The van der Waals surface area contributed by atoms with E-state index in [4.69, 9.17) is 16.3 Å². The minimum Gasteiger partial charge on any atom is -0.496 e. The number of hydrogen-bond acceptors (Lipinski definition) is 2. The Kier molecular flexibility index (Phi) is 2.65. The van der Waals surface area contributed by atoms with Crippen molar-refractivity contribution < 1.29 is 13.9 Å². The second-order valence-corrected chi connectivity index (χ2v) is 2.53.